The predicted molar refractivity (Wildman–Crippen MR) is 76.3 cm³/mol. The van der Waals surface area contributed by atoms with Crippen LogP contribution < -0.4 is 9.47 Å². The van der Waals surface area contributed by atoms with Crippen LogP contribution in [-0.2, 0) is 0 Å². The first-order valence-electron chi connectivity index (χ1n) is 5.82. The van der Waals surface area contributed by atoms with E-state index in [9.17, 15) is 0 Å². The summed E-state index contributed by atoms with van der Waals surface area (Å²) < 4.78 is 12.3. The molecular weight excluding hydrogens is 292 g/mol. The normalized spacial score (nSPS) is 10.1. The monoisotopic (exact) mass is 306 g/mol. The van der Waals surface area contributed by atoms with Crippen LogP contribution in [0.4, 0.5) is 0 Å². The molecule has 0 bridgehead atoms. The van der Waals surface area contributed by atoms with Crippen LogP contribution in [0, 0.1) is 6.92 Å². The van der Waals surface area contributed by atoms with Crippen molar-refractivity contribution in [3.8, 4) is 11.5 Å². The molecule has 2 aromatic rings. The van der Waals surface area contributed by atoms with Gasteiger partial charge >= 0.3 is 0 Å². The maximum absolute atomic E-state index is 5.67. The fraction of sp³-hybridized carbons (Fsp3) is 0.200. The Hall–Kier alpha value is -1.48. The number of aryl methyl sites for hydroxylation is 1. The van der Waals surface area contributed by atoms with Gasteiger partial charge in [-0.1, -0.05) is 34.1 Å². The van der Waals surface area contributed by atoms with Gasteiger partial charge in [-0.15, -0.1) is 0 Å². The van der Waals surface area contributed by atoms with Crippen LogP contribution in [-0.4, -0.2) is 13.2 Å². The summed E-state index contributed by atoms with van der Waals surface area (Å²) in [6, 6.07) is 15.7. The van der Waals surface area contributed by atoms with E-state index in [1.165, 1.54) is 0 Å². The Morgan fingerprint density at radius 3 is 2.39 bits per heavy atom. The van der Waals surface area contributed by atoms with Crippen molar-refractivity contribution < 1.29 is 9.47 Å². The summed E-state index contributed by atoms with van der Waals surface area (Å²) in [5, 5.41) is 0. The van der Waals surface area contributed by atoms with Crippen LogP contribution in [0.25, 0.3) is 0 Å². The number of halogens is 1. The van der Waals surface area contributed by atoms with Crippen molar-refractivity contribution >= 4 is 15.9 Å². The molecule has 18 heavy (non-hydrogen) atoms. The van der Waals surface area contributed by atoms with Crippen molar-refractivity contribution in [2.75, 3.05) is 13.2 Å². The first-order chi connectivity index (χ1) is 8.75. The number of benzene rings is 2. The Labute approximate surface area is 116 Å². The Balaban J connectivity index is 1.79. The van der Waals surface area contributed by atoms with Crippen LogP contribution in [0.2, 0.25) is 0 Å². The zero-order valence-corrected chi connectivity index (χ0v) is 11.8. The van der Waals surface area contributed by atoms with Gasteiger partial charge in [0, 0.05) is 4.47 Å². The molecule has 0 aromatic heterocycles. The Morgan fingerprint density at radius 1 is 0.944 bits per heavy atom. The number of para-hydroxylation sites is 1. The fourth-order valence-electron chi connectivity index (χ4n) is 1.60. The largest absolute Gasteiger partial charge is 0.490 e. The number of ether oxygens (including phenoxy) is 2. The highest BCUT2D eigenvalue weighted by Crippen LogP contribution is 2.22. The molecule has 2 nitrogen and oxygen atoms in total. The van der Waals surface area contributed by atoms with E-state index in [1.54, 1.807) is 0 Å². The second kappa shape index (κ2) is 6.45. The third kappa shape index (κ3) is 3.77. The molecule has 0 aliphatic heterocycles. The summed E-state index contributed by atoms with van der Waals surface area (Å²) >= 11 is 3.43. The SMILES string of the molecule is Cc1cc(Br)ccc1OCCOc1ccccc1. The highest BCUT2D eigenvalue weighted by Gasteiger charge is 2.00. The van der Waals surface area contributed by atoms with E-state index in [0.717, 1.165) is 21.5 Å². The van der Waals surface area contributed by atoms with Crippen LogP contribution >= 0.6 is 15.9 Å². The van der Waals surface area contributed by atoms with E-state index >= 15 is 0 Å². The van der Waals surface area contributed by atoms with Crippen LogP contribution in [0.5, 0.6) is 11.5 Å². The molecule has 0 heterocycles. The Kier molecular flexibility index (Phi) is 4.65. The number of rotatable bonds is 5. The number of hydrogen-bond acceptors (Lipinski definition) is 2. The first kappa shape index (κ1) is 13.0. The lowest BCUT2D eigenvalue weighted by molar-refractivity contribution is 0.216. The molecule has 0 N–H and O–H groups in total. The standard InChI is InChI=1S/C15H15BrO2/c1-12-11-13(16)7-8-15(12)18-10-9-17-14-5-3-2-4-6-14/h2-8,11H,9-10H2,1H3. The van der Waals surface area contributed by atoms with Gasteiger partial charge in [-0.3, -0.25) is 0 Å². The fourth-order valence-corrected chi connectivity index (χ4v) is 2.08. The summed E-state index contributed by atoms with van der Waals surface area (Å²) in [6.45, 7) is 3.11. The molecule has 94 valence electrons. The molecule has 2 rings (SSSR count). The third-order valence-corrected chi connectivity index (χ3v) is 2.98. The molecule has 0 aliphatic rings. The lowest BCUT2D eigenvalue weighted by atomic mass is 10.2. The number of hydrogen-bond donors (Lipinski definition) is 0. The van der Waals surface area contributed by atoms with Gasteiger partial charge < -0.3 is 9.47 Å². The maximum atomic E-state index is 5.67. The summed E-state index contributed by atoms with van der Waals surface area (Å²) in [7, 11) is 0. The molecule has 3 heteroatoms. The molecular formula is C15H15BrO2. The van der Waals surface area contributed by atoms with E-state index in [2.05, 4.69) is 15.9 Å². The van der Waals surface area contributed by atoms with Gasteiger partial charge in [0.15, 0.2) is 0 Å². The topological polar surface area (TPSA) is 18.5 Å². The molecule has 0 unspecified atom stereocenters. The van der Waals surface area contributed by atoms with Gasteiger partial charge in [-0.25, -0.2) is 0 Å². The summed E-state index contributed by atoms with van der Waals surface area (Å²) in [5.74, 6) is 1.77. The van der Waals surface area contributed by atoms with E-state index in [-0.39, 0.29) is 0 Å². The van der Waals surface area contributed by atoms with Crippen LogP contribution in [0.15, 0.2) is 53.0 Å². The Bertz CT molecular complexity index is 497. The van der Waals surface area contributed by atoms with E-state index < -0.39 is 0 Å². The molecule has 0 spiro atoms. The van der Waals surface area contributed by atoms with Crippen molar-refractivity contribution in [3.05, 3.63) is 58.6 Å². The minimum Gasteiger partial charge on any atom is -0.490 e. The summed E-state index contributed by atoms with van der Waals surface area (Å²) in [4.78, 5) is 0. The van der Waals surface area contributed by atoms with Crippen molar-refractivity contribution in [2.24, 2.45) is 0 Å². The Morgan fingerprint density at radius 2 is 1.67 bits per heavy atom. The molecule has 2 aromatic carbocycles. The molecule has 0 saturated carbocycles. The lowest BCUT2D eigenvalue weighted by Gasteiger charge is -2.10. The highest BCUT2D eigenvalue weighted by atomic mass is 79.9. The van der Waals surface area contributed by atoms with Crippen molar-refractivity contribution in [1.29, 1.82) is 0 Å². The third-order valence-electron chi connectivity index (χ3n) is 2.49. The van der Waals surface area contributed by atoms with Crippen molar-refractivity contribution in [3.63, 3.8) is 0 Å². The molecule has 0 saturated heterocycles. The molecule has 0 fully saturated rings. The maximum Gasteiger partial charge on any atom is 0.122 e. The second-order valence-electron chi connectivity index (χ2n) is 3.92. The second-order valence-corrected chi connectivity index (χ2v) is 4.84. The quantitative estimate of drug-likeness (QED) is 0.770. The van der Waals surface area contributed by atoms with Gasteiger partial charge in [-0.2, -0.15) is 0 Å². The van der Waals surface area contributed by atoms with Crippen molar-refractivity contribution in [1.82, 2.24) is 0 Å². The zero-order valence-electron chi connectivity index (χ0n) is 10.2. The van der Waals surface area contributed by atoms with E-state index in [4.69, 9.17) is 9.47 Å². The summed E-state index contributed by atoms with van der Waals surface area (Å²) in [5.41, 5.74) is 1.11. The summed E-state index contributed by atoms with van der Waals surface area (Å²) in [6.07, 6.45) is 0. The zero-order chi connectivity index (χ0) is 12.8. The molecule has 0 atom stereocenters. The molecule has 0 radical (unpaired) electrons. The van der Waals surface area contributed by atoms with Crippen LogP contribution in [0.1, 0.15) is 5.56 Å². The average molecular weight is 307 g/mol. The highest BCUT2D eigenvalue weighted by molar-refractivity contribution is 9.10. The van der Waals surface area contributed by atoms with Crippen LogP contribution in [0.3, 0.4) is 0 Å². The molecule has 0 amide bonds. The van der Waals surface area contributed by atoms with Gasteiger partial charge in [0.25, 0.3) is 0 Å². The minimum absolute atomic E-state index is 0.539. The van der Waals surface area contributed by atoms with Gasteiger partial charge in [-0.05, 0) is 42.8 Å². The van der Waals surface area contributed by atoms with Gasteiger partial charge in [0.1, 0.15) is 24.7 Å². The first-order valence-corrected chi connectivity index (χ1v) is 6.62. The average Bonchev–Trinajstić information content (AvgIpc) is 2.38. The van der Waals surface area contributed by atoms with E-state index in [0.29, 0.717) is 13.2 Å². The van der Waals surface area contributed by atoms with E-state index in [1.807, 2.05) is 55.5 Å². The van der Waals surface area contributed by atoms with Gasteiger partial charge in [0.2, 0.25) is 0 Å². The van der Waals surface area contributed by atoms with Gasteiger partial charge in [0.05, 0.1) is 0 Å². The smallest absolute Gasteiger partial charge is 0.122 e. The minimum atomic E-state index is 0.539. The molecule has 0 aliphatic carbocycles. The predicted octanol–water partition coefficient (Wildman–Crippen LogP) is 4.22. The van der Waals surface area contributed by atoms with Crippen molar-refractivity contribution in [2.45, 2.75) is 6.92 Å². The lowest BCUT2D eigenvalue weighted by Crippen LogP contribution is -2.09.